The quantitative estimate of drug-likeness (QED) is 0.0100. The van der Waals surface area contributed by atoms with Crippen molar-refractivity contribution >= 4 is 120 Å². The van der Waals surface area contributed by atoms with Crippen molar-refractivity contribution < 1.29 is 89.5 Å². The monoisotopic (exact) mass is 1950 g/mol. The normalized spacial score (nSPS) is 13.5. The Hall–Kier alpha value is -7.21. The van der Waals surface area contributed by atoms with E-state index >= 15 is 0 Å². The second-order valence-electron chi connectivity index (χ2n) is 37.0. The van der Waals surface area contributed by atoms with Crippen LogP contribution in [0.3, 0.4) is 0 Å². The molecule has 0 radical (unpaired) electrons. The van der Waals surface area contributed by atoms with Crippen molar-refractivity contribution in [3.63, 3.8) is 0 Å². The van der Waals surface area contributed by atoms with Crippen LogP contribution in [0.5, 0.6) is 0 Å². The number of alkyl carbamates (subject to hydrolysis) is 1. The van der Waals surface area contributed by atoms with Crippen molar-refractivity contribution in [3.8, 4) is 17.8 Å². The van der Waals surface area contributed by atoms with Crippen molar-refractivity contribution in [1.29, 1.82) is 10.5 Å². The maximum atomic E-state index is 13.9. The van der Waals surface area contributed by atoms with E-state index in [0.29, 0.717) is 58.2 Å². The number of aliphatic hydroxyl groups excluding tert-OH is 4. The van der Waals surface area contributed by atoms with E-state index in [1.165, 1.54) is 61.4 Å². The number of nitrogens with two attached hydrogens (primary N) is 2. The van der Waals surface area contributed by atoms with E-state index in [1.54, 1.807) is 162 Å². The number of nitrogens with one attached hydrogen (secondary N) is 2. The minimum Gasteiger partial charge on any atom is -1.00 e. The molecule has 3 aliphatic carbocycles. The van der Waals surface area contributed by atoms with Gasteiger partial charge in [-0.3, -0.25) is 14.6 Å². The number of Topliss-reactive ketones (excluding diaryl/α,β-unsaturated/α-hetero) is 1. The molecule has 32 heteroatoms. The van der Waals surface area contributed by atoms with Crippen LogP contribution in [-0.2, 0) is 65.0 Å². The molecule has 6 aromatic carbocycles. The second kappa shape index (κ2) is 60.8. The molecule has 7 aromatic rings. The molecule has 10 rings (SSSR count). The predicted octanol–water partition coefficient (Wildman–Crippen LogP) is 20.7. The molecule has 1 unspecified atom stereocenters. The van der Waals surface area contributed by atoms with Crippen molar-refractivity contribution in [1.82, 2.24) is 19.8 Å². The molecule has 11 N–H and O–H groups in total. The van der Waals surface area contributed by atoms with Crippen LogP contribution < -0.4 is 25.5 Å². The number of anilines is 2. The van der Waals surface area contributed by atoms with Crippen LogP contribution in [0.25, 0.3) is 10.5 Å². The molecular formula is C96H144BrF2MgN11O12S2Si2Ti. The number of rotatable bonds is 22. The molecule has 0 aliphatic heterocycles. The van der Waals surface area contributed by atoms with E-state index in [0.717, 1.165) is 65.5 Å². The number of amides is 1. The minimum absolute atomic E-state index is 0. The molecule has 3 atom stereocenters. The summed E-state index contributed by atoms with van der Waals surface area (Å²) in [6, 6.07) is 47.1. The number of aryl methyl sites for hydroxylation is 1. The van der Waals surface area contributed by atoms with E-state index in [1.807, 2.05) is 116 Å². The number of nitrogens with zero attached hydrogens (tertiary/aromatic N) is 7. The van der Waals surface area contributed by atoms with Crippen LogP contribution in [0.1, 0.15) is 277 Å². The van der Waals surface area contributed by atoms with Gasteiger partial charge in [0, 0.05) is 81.2 Å². The van der Waals surface area contributed by atoms with Gasteiger partial charge < -0.3 is 51.8 Å². The van der Waals surface area contributed by atoms with Gasteiger partial charge in [-0.15, -0.1) is 23.0 Å². The van der Waals surface area contributed by atoms with E-state index in [9.17, 15) is 46.4 Å². The molecule has 1 amide bonds. The average Bonchev–Trinajstić information content (AvgIpc) is 1.08. The fourth-order valence-corrected chi connectivity index (χ4v) is 13.0. The zero-order chi connectivity index (χ0) is 95.7. The zero-order valence-corrected chi connectivity index (χ0v) is 88.4. The largest absolute Gasteiger partial charge is 2.00 e. The number of carboxylic acids is 1. The molecular weight excluding hydrogens is 1810 g/mol. The summed E-state index contributed by atoms with van der Waals surface area (Å²) in [5.41, 5.74) is 13.2. The number of ketones is 1. The van der Waals surface area contributed by atoms with E-state index in [2.05, 4.69) is 62.5 Å². The molecule has 3 saturated carbocycles. The van der Waals surface area contributed by atoms with Crippen molar-refractivity contribution in [2.24, 2.45) is 27.6 Å². The van der Waals surface area contributed by atoms with Gasteiger partial charge >= 0.3 is 44.0 Å². The van der Waals surface area contributed by atoms with Gasteiger partial charge in [0.25, 0.3) is 0 Å². The Morgan fingerprint density at radius 3 is 1.64 bits per heavy atom. The minimum atomic E-state index is -2.04. The Balaban J connectivity index is -0.000000718. The van der Waals surface area contributed by atoms with Crippen LogP contribution in [0.4, 0.5) is 30.6 Å². The maximum absolute atomic E-state index is 13.9. The number of aliphatic hydroxyl groups is 4. The molecule has 23 nitrogen and oxygen atoms in total. The van der Waals surface area contributed by atoms with Gasteiger partial charge in [-0.05, 0) is 270 Å². The number of hydrogen-bond acceptors (Lipinski definition) is 16. The average molecular weight is 1950 g/mol. The molecule has 1 aromatic heterocycles. The Morgan fingerprint density at radius 1 is 0.711 bits per heavy atom. The number of benzene rings is 6. The smallest absolute Gasteiger partial charge is 1.00 e. The van der Waals surface area contributed by atoms with Crippen molar-refractivity contribution in [2.45, 2.75) is 299 Å². The number of aromatic carboxylic acids is 1. The maximum Gasteiger partial charge on any atom is 2.00 e. The second-order valence-corrected chi connectivity index (χ2v) is 48.1. The van der Waals surface area contributed by atoms with Crippen LogP contribution in [0.15, 0.2) is 144 Å². The summed E-state index contributed by atoms with van der Waals surface area (Å²) in [7, 11) is -4.13. The number of nitrogen functional groups attached to an aromatic ring is 1. The Labute approximate surface area is 813 Å². The number of nitriles is 2. The number of aromatic nitrogens is 2. The number of carbonyl (C=O) groups excluding carboxylic acids is 2. The summed E-state index contributed by atoms with van der Waals surface area (Å²) in [5.74, 6) is 0.733. The number of carbonyl (C=O) groups is 3. The van der Waals surface area contributed by atoms with Gasteiger partial charge in [0.05, 0.1) is 83.9 Å². The van der Waals surface area contributed by atoms with E-state index in [4.69, 9.17) is 47.9 Å². The molecule has 3 fully saturated rings. The molecule has 128 heavy (non-hydrogen) atoms. The molecule has 0 saturated heterocycles. The van der Waals surface area contributed by atoms with E-state index < -0.39 is 72.8 Å². The third-order valence-electron chi connectivity index (χ3n) is 17.7. The summed E-state index contributed by atoms with van der Waals surface area (Å²) in [4.78, 5) is 38.1. The van der Waals surface area contributed by atoms with Crippen LogP contribution in [0.2, 0.25) is 24.7 Å². The summed E-state index contributed by atoms with van der Waals surface area (Å²) in [6.45, 7) is 51.7. The summed E-state index contributed by atoms with van der Waals surface area (Å²) >= 11 is 0. The predicted molar refractivity (Wildman–Crippen MR) is 525 cm³/mol. The Bertz CT molecular complexity index is 4720. The van der Waals surface area contributed by atoms with Crippen LogP contribution >= 0.6 is 17.0 Å². The zero-order valence-electron chi connectivity index (χ0n) is 81.1. The van der Waals surface area contributed by atoms with Gasteiger partial charge in [-0.1, -0.05) is 140 Å². The SMILES string of the molecule is Br.CC(C)(C)[S@@](N)=O.CC(C)(C)[S@](=O)NC(CCC1CC1)(c1cccc(C#N)c1)c1ccc(F)c(N)c1.CC(C)(C)[Si](=O)N=C(CCC1CC1)c1cccc(C#N)c1.CC(C)O.CC(C)O.CC(C)O.CC(C)O.CN(c1c[c-]ccc1F)[Si](C)(C)C.Cc1cc(C(=O)O)n(-c2cccc(CNC(=O)OC(C)(C)C)c2)n1.[C-]#[N+]c1cccc(C(=O)CCC2CC2)c1.[H-].[Mg+2].[Ti]. The first-order valence-corrected chi connectivity index (χ1v) is 49.5. The third-order valence-corrected chi connectivity index (χ3v) is 24.6. The molecule has 1 heterocycles. The Kier molecular flexibility index (Phi) is 59.3. The molecule has 702 valence electrons. The summed E-state index contributed by atoms with van der Waals surface area (Å²) in [5, 5.41) is 71.6. The van der Waals surface area contributed by atoms with Crippen LogP contribution in [0, 0.1) is 71.6 Å². The third kappa shape index (κ3) is 53.9. The van der Waals surface area contributed by atoms with Crippen molar-refractivity contribution in [2.75, 3.05) is 17.3 Å². The van der Waals surface area contributed by atoms with Gasteiger partial charge in [0.15, 0.2) is 17.2 Å². The van der Waals surface area contributed by atoms with Gasteiger partial charge in [0.2, 0.25) is 0 Å². The number of halogens is 3. The number of ether oxygens (including phenoxy) is 1. The van der Waals surface area contributed by atoms with E-state index in [-0.39, 0.29) is 127 Å². The molecule has 3 aliphatic rings. The fourth-order valence-electron chi connectivity index (χ4n) is 10.3. The summed E-state index contributed by atoms with van der Waals surface area (Å²) in [6.07, 6.45) is 11.6. The van der Waals surface area contributed by atoms with Gasteiger partial charge in [0.1, 0.15) is 19.7 Å². The number of hydrogen-bond donors (Lipinski definition) is 9. The van der Waals surface area contributed by atoms with Crippen LogP contribution in [-0.4, -0.2) is 154 Å². The molecule has 0 spiro atoms. The first kappa shape index (κ1) is 125. The number of carboxylic acid groups (broad SMARTS) is 1. The Morgan fingerprint density at radius 2 is 1.19 bits per heavy atom. The first-order chi connectivity index (χ1) is 57.8. The van der Waals surface area contributed by atoms with Crippen molar-refractivity contribution in [3.05, 3.63) is 219 Å². The standard InChI is InChI=1S/C23H28FN3OS.C17H21N3O4.C17H22N2OSi.C13H13NO.C10H15FNSi.C4H11NOS.4C3H8O.BrH.Mg.Ti.H/c1-22(2,3)29(28)27-23(12-11-16-7-8-16,18-6-4-5-17(13-18)15-25)19-9-10-20(24)21(26)14-19;1-11-8-14(15(21)22)20(19-11)13-7-5-6-12(9-13)10-18-16(23)24-17(2,3)4;1-17(2,3)21(20)19-16(10-9-13-7-8-13)15-6-4-5-14(11-15)12-18;1-14-12-4-2-3-11(9-12)13(15)8-7-10-5-6-10;1-12(13(2,3)4)10-8-6-5-7-9(10)11;1-4(2,3)7(5)6;4*1-3(2)4;;;;/h4-6,9-10,13-14,16,27H,7-8,11-12,26H2,1-3H3;5-9H,10H2,1-4H3,(H,18,23)(H,21,22);4-6,11,13H,7-10H2,1-3H3;2-4,9-10H,5-8H2;5,7-8H,1-4H3;5H2,1-3H3;4*3-4H,1-2H3;1H;;;/q;;;;-1;;;;;;;+2;;-1/t23?,29-;;;;;7-;;;;;;;;/m0....0......../s1. The topological polar surface area (TPSA) is 374 Å². The van der Waals surface area contributed by atoms with Gasteiger partial charge in [-0.25, -0.2) is 41.0 Å². The van der Waals surface area contributed by atoms with Gasteiger partial charge in [-0.2, -0.15) is 33.8 Å². The molecule has 0 bridgehead atoms. The fraction of sp³-hybridized carbons (Fsp3) is 0.521. The summed E-state index contributed by atoms with van der Waals surface area (Å²) < 4.78 is 79.0. The first-order valence-electron chi connectivity index (χ1n) is 42.3.